The average Bonchev–Trinajstić information content (AvgIpc) is 2.82. The molecule has 0 spiro atoms. The van der Waals surface area contributed by atoms with Gasteiger partial charge in [0.15, 0.2) is 17.1 Å². The molecule has 0 bridgehead atoms. The Morgan fingerprint density at radius 2 is 1.95 bits per heavy atom. The summed E-state index contributed by atoms with van der Waals surface area (Å²) in [5, 5.41) is 0. The molecular formula is C17H17NO4. The van der Waals surface area contributed by atoms with E-state index in [1.807, 2.05) is 43.3 Å². The summed E-state index contributed by atoms with van der Waals surface area (Å²) in [6.45, 7) is 2.34. The predicted molar refractivity (Wildman–Crippen MR) is 83.9 cm³/mol. The number of hydrogen-bond donors (Lipinski definition) is 0. The van der Waals surface area contributed by atoms with Crippen molar-refractivity contribution in [2.45, 2.75) is 13.5 Å². The van der Waals surface area contributed by atoms with Crippen LogP contribution in [0.2, 0.25) is 0 Å². The number of nitrogens with zero attached hydrogens (tertiary/aromatic N) is 1. The molecule has 3 rings (SSSR count). The van der Waals surface area contributed by atoms with Gasteiger partial charge in [-0.1, -0.05) is 18.2 Å². The zero-order valence-corrected chi connectivity index (χ0v) is 12.8. The molecule has 0 amide bonds. The molecular weight excluding hydrogens is 282 g/mol. The van der Waals surface area contributed by atoms with E-state index in [9.17, 15) is 4.79 Å². The minimum absolute atomic E-state index is 0.357. The van der Waals surface area contributed by atoms with Crippen molar-refractivity contribution >= 4 is 11.1 Å². The second kappa shape index (κ2) is 5.60. The van der Waals surface area contributed by atoms with Crippen LogP contribution in [0.5, 0.6) is 11.5 Å². The fourth-order valence-electron chi connectivity index (χ4n) is 2.57. The smallest absolute Gasteiger partial charge is 0.420 e. The van der Waals surface area contributed by atoms with Crippen LogP contribution in [0.15, 0.2) is 45.6 Å². The molecule has 1 heterocycles. The molecule has 0 N–H and O–H groups in total. The molecule has 0 aliphatic heterocycles. The predicted octanol–water partition coefficient (Wildman–Crippen LogP) is 2.97. The van der Waals surface area contributed by atoms with Gasteiger partial charge in [0.1, 0.15) is 0 Å². The van der Waals surface area contributed by atoms with E-state index < -0.39 is 0 Å². The number of ether oxygens (including phenoxy) is 2. The van der Waals surface area contributed by atoms with Crippen LogP contribution in [0.4, 0.5) is 0 Å². The third-order valence-electron chi connectivity index (χ3n) is 3.64. The average molecular weight is 299 g/mol. The lowest BCUT2D eigenvalue weighted by atomic mass is 10.1. The van der Waals surface area contributed by atoms with E-state index in [0.29, 0.717) is 23.6 Å². The number of oxazole rings is 1. The third-order valence-corrected chi connectivity index (χ3v) is 3.64. The van der Waals surface area contributed by atoms with E-state index in [-0.39, 0.29) is 5.76 Å². The van der Waals surface area contributed by atoms with Crippen LogP contribution >= 0.6 is 0 Å². The van der Waals surface area contributed by atoms with Gasteiger partial charge in [-0.25, -0.2) is 4.79 Å². The Morgan fingerprint density at radius 1 is 1.14 bits per heavy atom. The zero-order valence-electron chi connectivity index (χ0n) is 12.8. The normalized spacial score (nSPS) is 10.9. The molecule has 2 aromatic carbocycles. The molecule has 0 aliphatic carbocycles. The Labute approximate surface area is 127 Å². The lowest BCUT2D eigenvalue weighted by Gasteiger charge is -2.12. The van der Waals surface area contributed by atoms with Crippen molar-refractivity contribution < 1.29 is 13.9 Å². The van der Waals surface area contributed by atoms with Gasteiger partial charge in [-0.2, -0.15) is 0 Å². The molecule has 114 valence electrons. The van der Waals surface area contributed by atoms with E-state index in [2.05, 4.69) is 0 Å². The number of aromatic nitrogens is 1. The maximum Gasteiger partial charge on any atom is 0.420 e. The van der Waals surface area contributed by atoms with Crippen LogP contribution in [0.1, 0.15) is 11.1 Å². The highest BCUT2D eigenvalue weighted by Gasteiger charge is 2.14. The van der Waals surface area contributed by atoms with Crippen LogP contribution in [-0.2, 0) is 6.54 Å². The highest BCUT2D eigenvalue weighted by Crippen LogP contribution is 2.31. The molecule has 3 aromatic rings. The molecule has 5 nitrogen and oxygen atoms in total. The number of hydrogen-bond acceptors (Lipinski definition) is 4. The fourth-order valence-corrected chi connectivity index (χ4v) is 2.57. The molecule has 0 atom stereocenters. The van der Waals surface area contributed by atoms with Crippen LogP contribution in [-0.4, -0.2) is 18.8 Å². The summed E-state index contributed by atoms with van der Waals surface area (Å²) >= 11 is 0. The Balaban J connectivity index is 2.13. The first kappa shape index (κ1) is 14.3. The Kier molecular flexibility index (Phi) is 3.63. The Hall–Kier alpha value is -2.69. The third kappa shape index (κ3) is 2.35. The summed E-state index contributed by atoms with van der Waals surface area (Å²) in [4.78, 5) is 12.1. The van der Waals surface area contributed by atoms with Gasteiger partial charge in [0.25, 0.3) is 0 Å². The summed E-state index contributed by atoms with van der Waals surface area (Å²) in [5.41, 5.74) is 3.28. The van der Waals surface area contributed by atoms with Gasteiger partial charge >= 0.3 is 5.76 Å². The van der Waals surface area contributed by atoms with E-state index in [0.717, 1.165) is 16.6 Å². The minimum atomic E-state index is -0.384. The molecule has 0 saturated carbocycles. The summed E-state index contributed by atoms with van der Waals surface area (Å²) in [5.74, 6) is 0.876. The zero-order chi connectivity index (χ0) is 15.7. The second-order valence-electron chi connectivity index (χ2n) is 5.08. The van der Waals surface area contributed by atoms with Crippen molar-refractivity contribution in [3.8, 4) is 11.5 Å². The molecule has 0 fully saturated rings. The SMILES string of the molecule is COc1cccc(Cn2c(=O)oc3ccc(C)cc32)c1OC. The van der Waals surface area contributed by atoms with Crippen molar-refractivity contribution in [2.75, 3.05) is 14.2 Å². The van der Waals surface area contributed by atoms with Gasteiger partial charge in [0.2, 0.25) is 0 Å². The quantitative estimate of drug-likeness (QED) is 0.743. The largest absolute Gasteiger partial charge is 0.493 e. The highest BCUT2D eigenvalue weighted by molar-refractivity contribution is 5.74. The molecule has 22 heavy (non-hydrogen) atoms. The van der Waals surface area contributed by atoms with Gasteiger partial charge in [-0.05, 0) is 30.7 Å². The van der Waals surface area contributed by atoms with Crippen molar-refractivity contribution in [1.29, 1.82) is 0 Å². The summed E-state index contributed by atoms with van der Waals surface area (Å²) in [6, 6.07) is 11.3. The van der Waals surface area contributed by atoms with E-state index in [1.165, 1.54) is 0 Å². The number of methoxy groups -OCH3 is 2. The standard InChI is InChI=1S/C17H17NO4/c1-11-7-8-14-13(9-11)18(17(19)22-14)10-12-5-4-6-15(20-2)16(12)21-3/h4-9H,10H2,1-3H3. The van der Waals surface area contributed by atoms with Gasteiger partial charge in [0, 0.05) is 5.56 Å². The summed E-state index contributed by atoms with van der Waals surface area (Å²) in [6.07, 6.45) is 0. The first-order valence-electron chi connectivity index (χ1n) is 6.94. The van der Waals surface area contributed by atoms with E-state index >= 15 is 0 Å². The second-order valence-corrected chi connectivity index (χ2v) is 5.08. The van der Waals surface area contributed by atoms with Crippen molar-refractivity contribution in [1.82, 2.24) is 4.57 Å². The molecule has 1 aromatic heterocycles. The first-order valence-corrected chi connectivity index (χ1v) is 6.94. The van der Waals surface area contributed by atoms with E-state index in [4.69, 9.17) is 13.9 Å². The maximum atomic E-state index is 12.1. The van der Waals surface area contributed by atoms with Crippen LogP contribution < -0.4 is 15.2 Å². The number of fused-ring (bicyclic) bond motifs is 1. The van der Waals surface area contributed by atoms with Crippen LogP contribution in [0.25, 0.3) is 11.1 Å². The van der Waals surface area contributed by atoms with Gasteiger partial charge in [0.05, 0.1) is 26.3 Å². The van der Waals surface area contributed by atoms with Crippen molar-refractivity contribution in [3.05, 3.63) is 58.1 Å². The number of aryl methyl sites for hydroxylation is 1. The summed E-state index contributed by atoms with van der Waals surface area (Å²) < 4.78 is 17.6. The lowest BCUT2D eigenvalue weighted by Crippen LogP contribution is -2.15. The molecule has 0 unspecified atom stereocenters. The molecule has 0 radical (unpaired) electrons. The molecule has 5 heteroatoms. The minimum Gasteiger partial charge on any atom is -0.493 e. The summed E-state index contributed by atoms with van der Waals surface area (Å²) in [7, 11) is 3.17. The Morgan fingerprint density at radius 3 is 2.68 bits per heavy atom. The molecule has 0 saturated heterocycles. The number of para-hydroxylation sites is 1. The van der Waals surface area contributed by atoms with Gasteiger partial charge < -0.3 is 13.9 Å². The topological polar surface area (TPSA) is 53.6 Å². The van der Waals surface area contributed by atoms with Crippen molar-refractivity contribution in [2.24, 2.45) is 0 Å². The van der Waals surface area contributed by atoms with Crippen LogP contribution in [0, 0.1) is 6.92 Å². The monoisotopic (exact) mass is 299 g/mol. The number of benzene rings is 2. The molecule has 0 aliphatic rings. The van der Waals surface area contributed by atoms with E-state index in [1.54, 1.807) is 18.8 Å². The maximum absolute atomic E-state index is 12.1. The fraction of sp³-hybridized carbons (Fsp3) is 0.235. The van der Waals surface area contributed by atoms with Crippen molar-refractivity contribution in [3.63, 3.8) is 0 Å². The first-order chi connectivity index (χ1) is 10.6. The van der Waals surface area contributed by atoms with Crippen LogP contribution in [0.3, 0.4) is 0 Å². The highest BCUT2D eigenvalue weighted by atomic mass is 16.5. The van der Waals surface area contributed by atoms with Gasteiger partial charge in [-0.15, -0.1) is 0 Å². The lowest BCUT2D eigenvalue weighted by molar-refractivity contribution is 0.350. The van der Waals surface area contributed by atoms with Gasteiger partial charge in [-0.3, -0.25) is 4.57 Å². The number of rotatable bonds is 4. The Bertz CT molecular complexity index is 876.